The van der Waals surface area contributed by atoms with Gasteiger partial charge in [-0.15, -0.1) is 0 Å². The van der Waals surface area contributed by atoms with Crippen LogP contribution in [0.15, 0.2) is 58.1 Å². The smallest absolute Gasteiger partial charge is 0.431 e. The minimum atomic E-state index is -4.96. The van der Waals surface area contributed by atoms with Crippen LogP contribution in [-0.2, 0) is 13.2 Å². The third-order valence-corrected chi connectivity index (χ3v) is 4.63. The fraction of sp³-hybridized carbons (Fsp3) is 0.182. The molecule has 2 aromatic carbocycles. The van der Waals surface area contributed by atoms with E-state index in [-0.39, 0.29) is 26.0 Å². The molecule has 0 saturated heterocycles. The molecule has 3 aromatic rings. The van der Waals surface area contributed by atoms with Crippen LogP contribution >= 0.6 is 11.6 Å². The first-order valence-corrected chi connectivity index (χ1v) is 9.61. The maximum atomic E-state index is 14.6. The monoisotopic (exact) mass is 482 g/mol. The molecule has 33 heavy (non-hydrogen) atoms. The summed E-state index contributed by atoms with van der Waals surface area (Å²) in [5.41, 5.74) is -4.93. The summed E-state index contributed by atoms with van der Waals surface area (Å²) in [6, 6.07) is 10.3. The summed E-state index contributed by atoms with van der Waals surface area (Å²) in [6.45, 7) is 1.52. The first kappa shape index (κ1) is 23.9. The van der Waals surface area contributed by atoms with Gasteiger partial charge in [0.15, 0.2) is 0 Å². The lowest BCUT2D eigenvalue weighted by atomic mass is 10.2. The molecule has 1 unspecified atom stereocenters. The first-order chi connectivity index (χ1) is 15.5. The number of halogens is 5. The number of rotatable bonds is 5. The maximum Gasteiger partial charge on any atom is 0.431 e. The molecule has 0 bridgehead atoms. The van der Waals surface area contributed by atoms with Crippen LogP contribution in [0.5, 0.6) is 11.5 Å². The number of ether oxygens (including phenoxy) is 2. The van der Waals surface area contributed by atoms with Crippen molar-refractivity contribution in [2.24, 2.45) is 7.05 Å². The third-order valence-electron chi connectivity index (χ3n) is 4.34. The molecule has 0 aliphatic heterocycles. The Morgan fingerprint density at radius 1 is 1.06 bits per heavy atom. The summed E-state index contributed by atoms with van der Waals surface area (Å²) in [5.74, 6) is 4.28. The van der Waals surface area contributed by atoms with Gasteiger partial charge in [0.05, 0.1) is 10.7 Å². The van der Waals surface area contributed by atoms with Crippen molar-refractivity contribution in [2.75, 3.05) is 0 Å². The zero-order chi connectivity index (χ0) is 24.3. The predicted octanol–water partition coefficient (Wildman–Crippen LogP) is 4.15. The van der Waals surface area contributed by atoms with E-state index in [9.17, 15) is 27.2 Å². The minimum Gasteiger partial charge on any atom is -0.444 e. The van der Waals surface area contributed by atoms with Crippen molar-refractivity contribution in [3.8, 4) is 29.0 Å². The van der Waals surface area contributed by atoms with E-state index < -0.39 is 40.9 Å². The summed E-state index contributed by atoms with van der Waals surface area (Å²) in [4.78, 5) is 24.8. The lowest BCUT2D eigenvalue weighted by molar-refractivity contribution is -0.144. The number of aromatic nitrogens is 2. The average molecular weight is 483 g/mol. The van der Waals surface area contributed by atoms with Crippen LogP contribution in [0.1, 0.15) is 12.6 Å². The van der Waals surface area contributed by atoms with Gasteiger partial charge in [0.25, 0.3) is 5.56 Å². The normalized spacial score (nSPS) is 12.0. The van der Waals surface area contributed by atoms with Gasteiger partial charge in [-0.3, -0.25) is 9.36 Å². The van der Waals surface area contributed by atoms with Crippen LogP contribution in [0.2, 0.25) is 5.02 Å². The summed E-state index contributed by atoms with van der Waals surface area (Å²) in [6.07, 6.45) is -6.17. The number of nitrogens with zero attached hydrogens (tertiary/aromatic N) is 2. The molecule has 0 radical (unpaired) electrons. The van der Waals surface area contributed by atoms with Gasteiger partial charge < -0.3 is 9.47 Å². The van der Waals surface area contributed by atoms with Crippen molar-refractivity contribution >= 4 is 11.6 Å². The highest BCUT2D eigenvalue weighted by Gasteiger charge is 2.35. The second-order valence-electron chi connectivity index (χ2n) is 6.55. The van der Waals surface area contributed by atoms with E-state index in [1.807, 2.05) is 0 Å². The summed E-state index contributed by atoms with van der Waals surface area (Å²) >= 11 is 6.04. The fourth-order valence-electron chi connectivity index (χ4n) is 2.84. The van der Waals surface area contributed by atoms with Gasteiger partial charge in [-0.05, 0) is 31.0 Å². The zero-order valence-electron chi connectivity index (χ0n) is 17.1. The van der Waals surface area contributed by atoms with E-state index in [0.717, 1.165) is 19.2 Å². The van der Waals surface area contributed by atoms with Crippen LogP contribution in [0.3, 0.4) is 0 Å². The topological polar surface area (TPSA) is 62.5 Å². The van der Waals surface area contributed by atoms with Crippen molar-refractivity contribution in [1.29, 1.82) is 0 Å². The van der Waals surface area contributed by atoms with Gasteiger partial charge >= 0.3 is 18.2 Å². The summed E-state index contributed by atoms with van der Waals surface area (Å²) < 4.78 is 65.5. The molecule has 0 aliphatic rings. The number of para-hydroxylation sites is 1. The SMILES string of the molecule is CC#CC(Oc1ccccc1)Oc1cc(-n2c(=O)cc(C(F)(F)F)n(C)c2=O)c(F)cc1Cl. The lowest BCUT2D eigenvalue weighted by Crippen LogP contribution is -2.41. The molecule has 0 amide bonds. The highest BCUT2D eigenvalue weighted by Crippen LogP contribution is 2.31. The quantitative estimate of drug-likeness (QED) is 0.311. The maximum absolute atomic E-state index is 14.6. The number of benzene rings is 2. The fourth-order valence-corrected chi connectivity index (χ4v) is 3.03. The standard InChI is InChI=1S/C22H15ClF4N2O4/c1-3-7-20(32-13-8-5-4-6-9-13)33-17-11-16(15(24)10-14(17)23)29-19(30)12-18(22(25,26)27)28(2)21(29)31/h4-6,8-12,20H,1-2H3. The number of alkyl halides is 3. The molecule has 6 nitrogen and oxygen atoms in total. The van der Waals surface area contributed by atoms with Gasteiger partial charge in [0.2, 0.25) is 0 Å². The Bertz CT molecular complexity index is 1360. The van der Waals surface area contributed by atoms with Crippen molar-refractivity contribution < 1.29 is 27.0 Å². The molecule has 0 saturated carbocycles. The zero-order valence-corrected chi connectivity index (χ0v) is 17.9. The molecule has 0 fully saturated rings. The molecular formula is C22H15ClF4N2O4. The molecule has 1 heterocycles. The van der Waals surface area contributed by atoms with E-state index in [1.54, 1.807) is 30.3 Å². The Morgan fingerprint density at radius 2 is 1.73 bits per heavy atom. The Morgan fingerprint density at radius 3 is 2.33 bits per heavy atom. The van der Waals surface area contributed by atoms with E-state index >= 15 is 0 Å². The molecule has 0 N–H and O–H groups in total. The van der Waals surface area contributed by atoms with Crippen LogP contribution in [0, 0.1) is 17.7 Å². The largest absolute Gasteiger partial charge is 0.444 e. The Balaban J connectivity index is 2.08. The predicted molar refractivity (Wildman–Crippen MR) is 112 cm³/mol. The van der Waals surface area contributed by atoms with Gasteiger partial charge in [-0.25, -0.2) is 13.8 Å². The van der Waals surface area contributed by atoms with Crippen molar-refractivity contribution in [3.63, 3.8) is 0 Å². The molecule has 0 aliphatic carbocycles. The highest BCUT2D eigenvalue weighted by atomic mass is 35.5. The minimum absolute atomic E-state index is 0.194. The molecule has 3 rings (SSSR count). The van der Waals surface area contributed by atoms with Gasteiger partial charge in [-0.2, -0.15) is 13.2 Å². The molecule has 1 atom stereocenters. The Kier molecular flexibility index (Phi) is 6.84. The second-order valence-corrected chi connectivity index (χ2v) is 6.96. The van der Waals surface area contributed by atoms with Gasteiger partial charge in [0.1, 0.15) is 23.0 Å². The van der Waals surface area contributed by atoms with Gasteiger partial charge in [0, 0.05) is 19.2 Å². The first-order valence-electron chi connectivity index (χ1n) is 9.23. The van der Waals surface area contributed by atoms with E-state index in [2.05, 4.69) is 11.8 Å². The summed E-state index contributed by atoms with van der Waals surface area (Å²) in [7, 11) is 0.812. The second kappa shape index (κ2) is 9.42. The van der Waals surface area contributed by atoms with Crippen molar-refractivity contribution in [3.05, 3.63) is 85.9 Å². The molecule has 172 valence electrons. The number of hydrogen-bond acceptors (Lipinski definition) is 4. The van der Waals surface area contributed by atoms with Crippen LogP contribution < -0.4 is 20.7 Å². The Hall–Kier alpha value is -3.71. The molecule has 1 aromatic heterocycles. The average Bonchev–Trinajstić information content (AvgIpc) is 2.74. The van der Waals surface area contributed by atoms with Crippen LogP contribution in [0.4, 0.5) is 17.6 Å². The molecular weight excluding hydrogens is 468 g/mol. The lowest BCUT2D eigenvalue weighted by Gasteiger charge is -2.18. The van der Waals surface area contributed by atoms with Crippen LogP contribution in [0.25, 0.3) is 5.69 Å². The van der Waals surface area contributed by atoms with Gasteiger partial charge in [-0.1, -0.05) is 35.7 Å². The highest BCUT2D eigenvalue weighted by molar-refractivity contribution is 6.32. The van der Waals surface area contributed by atoms with E-state index in [1.165, 1.54) is 6.92 Å². The number of hydrogen-bond donors (Lipinski definition) is 0. The van der Waals surface area contributed by atoms with E-state index in [4.69, 9.17) is 21.1 Å². The van der Waals surface area contributed by atoms with Crippen molar-refractivity contribution in [1.82, 2.24) is 9.13 Å². The Labute approximate surface area is 189 Å². The third kappa shape index (κ3) is 5.21. The molecule has 11 heteroatoms. The molecule has 0 spiro atoms. The summed E-state index contributed by atoms with van der Waals surface area (Å²) in [5, 5.41) is -0.243. The van der Waals surface area contributed by atoms with Crippen LogP contribution in [-0.4, -0.2) is 15.4 Å². The van der Waals surface area contributed by atoms with Crippen molar-refractivity contribution in [2.45, 2.75) is 19.4 Å². The van der Waals surface area contributed by atoms with E-state index in [0.29, 0.717) is 5.75 Å².